The Labute approximate surface area is 112 Å². The molecule has 45 valence electrons. The summed E-state index contributed by atoms with van der Waals surface area (Å²) in [6.45, 7) is 0. The van der Waals surface area contributed by atoms with Gasteiger partial charge in [0, 0.05) is 39.9 Å². The molecule has 0 aromatic rings. The second-order valence-electron chi connectivity index (χ2n) is 0.415. The summed E-state index contributed by atoms with van der Waals surface area (Å²) in [6.07, 6.45) is 0. The van der Waals surface area contributed by atoms with E-state index in [4.69, 9.17) is 16.0 Å². The molecule has 0 saturated heterocycles. The molecule has 0 aliphatic carbocycles. The Balaban J connectivity index is -0.0000000800. The van der Waals surface area contributed by atoms with Gasteiger partial charge >= 0.3 is 74.9 Å². The maximum absolute atomic E-state index is 8.80. The summed E-state index contributed by atoms with van der Waals surface area (Å²) in [5.41, 5.74) is 0. The van der Waals surface area contributed by atoms with Crippen LogP contribution < -0.4 is 0 Å². The van der Waals surface area contributed by atoms with Gasteiger partial charge in [-0.2, -0.15) is 0 Å². The van der Waals surface area contributed by atoms with E-state index in [0.29, 0.717) is 0 Å². The van der Waals surface area contributed by atoms with Gasteiger partial charge in [-0.15, -0.1) is 0 Å². The first-order chi connectivity index (χ1) is 2.00. The van der Waals surface area contributed by atoms with Crippen LogP contribution in [0.4, 0.5) is 0 Å². The van der Waals surface area contributed by atoms with Crippen LogP contribution in [0.3, 0.4) is 0 Å². The predicted molar refractivity (Wildman–Crippen MR) is 14.4 cm³/mol. The van der Waals surface area contributed by atoms with Gasteiger partial charge in [-0.05, 0) is 0 Å². The summed E-state index contributed by atoms with van der Waals surface area (Å²) < 4.78 is 31.8. The number of hydrogen-bond acceptors (Lipinski definition) is 2. The first-order valence-corrected chi connectivity index (χ1v) is 2.67. The molecule has 0 aliphatic heterocycles. The summed E-state index contributed by atoms with van der Waals surface area (Å²) in [4.78, 5) is 0. The molecule has 0 aromatic heterocycles. The van der Waals surface area contributed by atoms with E-state index in [0.717, 1.165) is 0 Å². The molecular formula is H4GdMnO4Sr. The third-order valence-corrected chi connectivity index (χ3v) is 0. The number of hydrogen-bond donors (Lipinski definition) is 2. The molecule has 0 atom stereocenters. The van der Waals surface area contributed by atoms with Crippen molar-refractivity contribution in [2.75, 3.05) is 0 Å². The zero-order valence-corrected chi connectivity index (χ0v) is 5.89. The molecule has 2 N–H and O–H groups in total. The van der Waals surface area contributed by atoms with Gasteiger partial charge in [-0.1, -0.05) is 0 Å². The van der Waals surface area contributed by atoms with Crippen molar-refractivity contribution in [3.8, 4) is 0 Å². The number of rotatable bonds is 0. The molecule has 0 radical (unpaired) electrons. The van der Waals surface area contributed by atoms with Crippen LogP contribution in [0.25, 0.3) is 0 Å². The second kappa shape index (κ2) is 6.96. The quantitative estimate of drug-likeness (QED) is 0.474. The monoisotopic (exact) mass is 369 g/mol. The summed E-state index contributed by atoms with van der Waals surface area (Å²) in [5.74, 6) is 0. The van der Waals surface area contributed by atoms with Crippen LogP contribution in [0.1, 0.15) is 0 Å². The molecule has 0 heterocycles. The zero-order chi connectivity index (χ0) is 4.50. The fourth-order valence-electron chi connectivity index (χ4n) is 0. The molecule has 0 spiro atoms. The van der Waals surface area contributed by atoms with Crippen LogP contribution in [0.5, 0.6) is 0 Å². The molecule has 0 saturated carbocycles. The van der Waals surface area contributed by atoms with E-state index in [9.17, 15) is 0 Å². The maximum atomic E-state index is 8.80. The topological polar surface area (TPSA) is 74.6 Å². The van der Waals surface area contributed by atoms with Crippen molar-refractivity contribution in [2.45, 2.75) is 0 Å². The molecule has 7 heavy (non-hydrogen) atoms. The van der Waals surface area contributed by atoms with Crippen molar-refractivity contribution in [3.05, 3.63) is 0 Å². The van der Waals surface area contributed by atoms with Crippen molar-refractivity contribution in [3.63, 3.8) is 0 Å². The Kier molecular flexibility index (Phi) is 16.3. The standard InChI is InChI=1S/Gd.Mn.2H2O.2O.Sr.2H/h;;2*1H2;;;;;/q;+2;;;;;;;/p-2. The molecule has 0 aromatic carbocycles. The minimum absolute atomic E-state index is 0. The molecule has 0 fully saturated rings. The van der Waals surface area contributed by atoms with E-state index in [1.165, 1.54) is 0 Å². The van der Waals surface area contributed by atoms with Gasteiger partial charge in [-0.25, -0.2) is 0 Å². The molecule has 0 unspecified atom stereocenters. The summed E-state index contributed by atoms with van der Waals surface area (Å²) in [6, 6.07) is 0. The Morgan fingerprint density at radius 3 is 1.14 bits per heavy atom. The second-order valence-corrected chi connectivity index (χ2v) is 1.71. The fraction of sp³-hybridized carbons (Fsp3) is 0. The van der Waals surface area contributed by atoms with Crippen molar-refractivity contribution in [1.29, 1.82) is 0 Å². The van der Waals surface area contributed by atoms with Crippen LogP contribution in [0, 0.1) is 39.9 Å². The average Bonchev–Trinajstić information content (AvgIpc) is 0.722. The van der Waals surface area contributed by atoms with Gasteiger partial charge in [0.05, 0.1) is 0 Å². The fourth-order valence-corrected chi connectivity index (χ4v) is 0. The van der Waals surface area contributed by atoms with Gasteiger partial charge in [0.1, 0.15) is 0 Å². The summed E-state index contributed by atoms with van der Waals surface area (Å²) >= 11 is -5.12. The summed E-state index contributed by atoms with van der Waals surface area (Å²) in [7, 11) is 0. The molecular weight excluding hydrogens is 364 g/mol. The van der Waals surface area contributed by atoms with Crippen LogP contribution in [0.15, 0.2) is 0 Å². The van der Waals surface area contributed by atoms with Crippen molar-refractivity contribution < 1.29 is 69.4 Å². The van der Waals surface area contributed by atoms with Gasteiger partial charge in [0.25, 0.3) is 0 Å². The van der Waals surface area contributed by atoms with Crippen molar-refractivity contribution in [1.82, 2.24) is 0 Å². The SMILES string of the molecule is [Gd].[O]=[Mn](=[O])([OH])[OH].[SrH2]. The van der Waals surface area contributed by atoms with Crippen LogP contribution in [-0.2, 0) is 21.0 Å². The van der Waals surface area contributed by atoms with E-state index in [1.54, 1.807) is 0 Å². The van der Waals surface area contributed by atoms with Gasteiger partial charge in [-0.3, -0.25) is 0 Å². The molecule has 0 bridgehead atoms. The molecule has 0 rings (SSSR count). The Bertz CT molecular complexity index is 94.9. The first kappa shape index (κ1) is 16.4. The first-order valence-electron chi connectivity index (χ1n) is 0.647. The van der Waals surface area contributed by atoms with Gasteiger partial charge < -0.3 is 0 Å². The predicted octanol–water partition coefficient (Wildman–Crippen LogP) is -2.27. The normalized spacial score (nSPS) is 8.29. The van der Waals surface area contributed by atoms with Crippen LogP contribution in [0.2, 0.25) is 0 Å². The van der Waals surface area contributed by atoms with E-state index in [2.05, 4.69) is 0 Å². The van der Waals surface area contributed by atoms with E-state index in [1.807, 2.05) is 0 Å². The molecule has 0 aliphatic rings. The third kappa shape index (κ3) is 51.2. The third-order valence-electron chi connectivity index (χ3n) is 0. The van der Waals surface area contributed by atoms with Crippen LogP contribution in [-0.4, -0.2) is 53.9 Å². The van der Waals surface area contributed by atoms with E-state index < -0.39 is 13.4 Å². The van der Waals surface area contributed by atoms with Gasteiger partial charge in [0.2, 0.25) is 0 Å². The minimum atomic E-state index is -5.12. The van der Waals surface area contributed by atoms with Crippen molar-refractivity contribution >= 4 is 45.5 Å². The molecule has 7 heteroatoms. The molecule has 0 amide bonds. The van der Waals surface area contributed by atoms with E-state index in [-0.39, 0.29) is 85.4 Å². The summed E-state index contributed by atoms with van der Waals surface area (Å²) in [5, 5.41) is 0. The Morgan fingerprint density at radius 1 is 1.14 bits per heavy atom. The molecule has 4 nitrogen and oxygen atoms in total. The Hall–Kier alpha value is 2.84. The van der Waals surface area contributed by atoms with Crippen LogP contribution >= 0.6 is 0 Å². The zero-order valence-electron chi connectivity index (χ0n) is 2.44. The van der Waals surface area contributed by atoms with E-state index >= 15 is 0 Å². The van der Waals surface area contributed by atoms with Crippen molar-refractivity contribution in [2.24, 2.45) is 0 Å². The Morgan fingerprint density at radius 2 is 1.14 bits per heavy atom. The average molecular weight is 368 g/mol. The van der Waals surface area contributed by atoms with Gasteiger partial charge in [0.15, 0.2) is 0 Å².